The van der Waals surface area contributed by atoms with E-state index in [0.717, 1.165) is 8.47 Å². The minimum atomic E-state index is -0.869. The van der Waals surface area contributed by atoms with E-state index in [1.807, 2.05) is 12.1 Å². The zero-order chi connectivity index (χ0) is 19.7. The zero-order valence-corrected chi connectivity index (χ0v) is 17.6. The quantitative estimate of drug-likeness (QED) is 0.389. The number of imide groups is 1. The van der Waals surface area contributed by atoms with Gasteiger partial charge in [-0.3, -0.25) is 14.4 Å². The van der Waals surface area contributed by atoms with Crippen LogP contribution in [-0.4, -0.2) is 28.7 Å². The molecule has 4 rings (SSSR count). The van der Waals surface area contributed by atoms with Crippen LogP contribution in [0.2, 0.25) is 0 Å². The third-order valence-electron chi connectivity index (χ3n) is 4.48. The second-order valence-corrected chi connectivity index (χ2v) is 8.45. The van der Waals surface area contributed by atoms with Crippen molar-refractivity contribution >= 4 is 57.3 Å². The average Bonchev–Trinajstić information content (AvgIpc) is 3.43. The molecule has 1 aliphatic rings. The number of halogens is 1. The summed E-state index contributed by atoms with van der Waals surface area (Å²) < 4.78 is 6.38. The van der Waals surface area contributed by atoms with Crippen LogP contribution in [0.3, 0.4) is 0 Å². The highest BCUT2D eigenvalue weighted by molar-refractivity contribution is 14.1. The lowest BCUT2D eigenvalue weighted by Crippen LogP contribution is -2.44. The van der Waals surface area contributed by atoms with Crippen molar-refractivity contribution in [2.75, 3.05) is 4.90 Å². The molecule has 28 heavy (non-hydrogen) atoms. The Bertz CT molecular complexity index is 1000. The first-order valence-electron chi connectivity index (χ1n) is 8.54. The highest BCUT2D eigenvalue weighted by Crippen LogP contribution is 2.29. The lowest BCUT2D eigenvalue weighted by atomic mass is 10.2. The van der Waals surface area contributed by atoms with E-state index < -0.39 is 11.9 Å². The molecule has 1 atom stereocenters. The fourth-order valence-corrected chi connectivity index (χ4v) is 4.20. The van der Waals surface area contributed by atoms with Crippen molar-refractivity contribution in [2.24, 2.45) is 0 Å². The summed E-state index contributed by atoms with van der Waals surface area (Å²) in [4.78, 5) is 41.9. The van der Waals surface area contributed by atoms with E-state index >= 15 is 0 Å². The van der Waals surface area contributed by atoms with Crippen molar-refractivity contribution in [3.05, 3.63) is 74.4 Å². The number of amides is 3. The lowest BCUT2D eigenvalue weighted by molar-refractivity contribution is -0.122. The summed E-state index contributed by atoms with van der Waals surface area (Å²) in [6.45, 7) is 0.119. The fourth-order valence-electron chi connectivity index (χ4n) is 3.16. The van der Waals surface area contributed by atoms with Crippen molar-refractivity contribution in [1.29, 1.82) is 0 Å². The van der Waals surface area contributed by atoms with Gasteiger partial charge in [-0.1, -0.05) is 6.07 Å². The van der Waals surface area contributed by atoms with Crippen LogP contribution < -0.4 is 4.90 Å². The number of hydrogen-bond acceptors (Lipinski definition) is 5. The Labute approximate surface area is 178 Å². The molecular formula is C20H15IN2O4S. The summed E-state index contributed by atoms with van der Waals surface area (Å²) >= 11 is 3.46. The third kappa shape index (κ3) is 3.61. The summed E-state index contributed by atoms with van der Waals surface area (Å²) in [6, 6.07) is 13.2. The Morgan fingerprint density at radius 2 is 1.96 bits per heavy atom. The molecule has 1 fully saturated rings. The van der Waals surface area contributed by atoms with Gasteiger partial charge in [-0.2, -0.15) is 0 Å². The number of carbonyl (C=O) groups excluding carboxylic acids is 3. The Balaban J connectivity index is 1.66. The predicted octanol–water partition coefficient (Wildman–Crippen LogP) is 3.92. The molecule has 3 heterocycles. The zero-order valence-electron chi connectivity index (χ0n) is 14.6. The normalized spacial score (nSPS) is 16.6. The summed E-state index contributed by atoms with van der Waals surface area (Å²) in [5.41, 5.74) is 0.513. The Hall–Kier alpha value is -2.46. The number of nitrogens with zero attached hydrogens (tertiary/aromatic N) is 2. The molecule has 0 aliphatic carbocycles. The van der Waals surface area contributed by atoms with Gasteiger partial charge in [-0.25, -0.2) is 4.90 Å². The maximum Gasteiger partial charge on any atom is 0.265 e. The Morgan fingerprint density at radius 3 is 2.61 bits per heavy atom. The van der Waals surface area contributed by atoms with Gasteiger partial charge in [0.2, 0.25) is 5.91 Å². The van der Waals surface area contributed by atoms with E-state index in [1.54, 1.807) is 41.8 Å². The van der Waals surface area contributed by atoms with Crippen LogP contribution in [-0.2, 0) is 16.1 Å². The first-order valence-corrected chi connectivity index (χ1v) is 10.5. The van der Waals surface area contributed by atoms with Crippen LogP contribution in [0.25, 0.3) is 0 Å². The van der Waals surface area contributed by atoms with Crippen LogP contribution in [0.1, 0.15) is 21.9 Å². The molecule has 1 aliphatic heterocycles. The van der Waals surface area contributed by atoms with Crippen LogP contribution >= 0.6 is 33.9 Å². The summed E-state index contributed by atoms with van der Waals surface area (Å²) in [5.74, 6) is -0.456. The highest BCUT2D eigenvalue weighted by atomic mass is 127. The first kappa shape index (κ1) is 18.9. The molecular weight excluding hydrogens is 491 g/mol. The van der Waals surface area contributed by atoms with Gasteiger partial charge >= 0.3 is 0 Å². The number of thiophene rings is 1. The summed E-state index contributed by atoms with van der Waals surface area (Å²) in [5, 5.41) is 1.80. The van der Waals surface area contributed by atoms with Gasteiger partial charge in [-0.15, -0.1) is 11.3 Å². The third-order valence-corrected chi connectivity index (χ3v) is 6.06. The van der Waals surface area contributed by atoms with E-state index in [0.29, 0.717) is 16.3 Å². The van der Waals surface area contributed by atoms with Gasteiger partial charge in [0.15, 0.2) is 0 Å². The molecule has 3 aromatic rings. The molecule has 3 amide bonds. The second-order valence-electron chi connectivity index (χ2n) is 6.25. The van der Waals surface area contributed by atoms with Crippen molar-refractivity contribution in [3.8, 4) is 0 Å². The SMILES string of the molecule is O=C1CC(N(Cc2ccco2)C(=O)c2cccs2)C(=O)N1c1ccc(I)cc1. The molecule has 8 heteroatoms. The molecule has 0 bridgehead atoms. The maximum atomic E-state index is 13.1. The summed E-state index contributed by atoms with van der Waals surface area (Å²) in [6.07, 6.45) is 1.46. The van der Waals surface area contributed by atoms with Crippen molar-refractivity contribution < 1.29 is 18.8 Å². The Morgan fingerprint density at radius 1 is 1.18 bits per heavy atom. The van der Waals surface area contributed by atoms with Crippen molar-refractivity contribution in [3.63, 3.8) is 0 Å². The van der Waals surface area contributed by atoms with Crippen LogP contribution in [0.5, 0.6) is 0 Å². The largest absolute Gasteiger partial charge is 0.467 e. The number of anilines is 1. The summed E-state index contributed by atoms with van der Waals surface area (Å²) in [7, 11) is 0. The molecule has 2 aromatic heterocycles. The molecule has 0 N–H and O–H groups in total. The number of furan rings is 1. The van der Waals surface area contributed by atoms with E-state index in [4.69, 9.17) is 4.42 Å². The maximum absolute atomic E-state index is 13.1. The smallest absolute Gasteiger partial charge is 0.265 e. The molecule has 1 unspecified atom stereocenters. The van der Waals surface area contributed by atoms with Gasteiger partial charge < -0.3 is 9.32 Å². The standard InChI is InChI=1S/C20H15IN2O4S/c21-13-5-7-14(8-6-13)23-18(24)11-16(19(23)25)22(12-15-3-1-9-27-15)20(26)17-4-2-10-28-17/h1-10,16H,11-12H2. The van der Waals surface area contributed by atoms with Gasteiger partial charge in [0.1, 0.15) is 11.8 Å². The first-order chi connectivity index (χ1) is 13.5. The number of benzene rings is 1. The lowest BCUT2D eigenvalue weighted by Gasteiger charge is -2.26. The fraction of sp³-hybridized carbons (Fsp3) is 0.150. The molecule has 0 radical (unpaired) electrons. The highest BCUT2D eigenvalue weighted by Gasteiger charge is 2.44. The second kappa shape index (κ2) is 7.88. The average molecular weight is 506 g/mol. The number of rotatable bonds is 5. The molecule has 6 nitrogen and oxygen atoms in total. The molecule has 0 saturated carbocycles. The molecule has 142 valence electrons. The van der Waals surface area contributed by atoms with E-state index in [2.05, 4.69) is 22.6 Å². The van der Waals surface area contributed by atoms with Crippen molar-refractivity contribution in [2.45, 2.75) is 19.0 Å². The van der Waals surface area contributed by atoms with Crippen LogP contribution in [0.4, 0.5) is 5.69 Å². The number of hydrogen-bond donors (Lipinski definition) is 0. The molecule has 0 spiro atoms. The van der Waals surface area contributed by atoms with Crippen LogP contribution in [0, 0.1) is 3.57 Å². The number of carbonyl (C=O) groups is 3. The molecule has 1 aromatic carbocycles. The minimum Gasteiger partial charge on any atom is -0.467 e. The Kier molecular flexibility index (Phi) is 5.31. The van der Waals surface area contributed by atoms with E-state index in [-0.39, 0.29) is 24.8 Å². The minimum absolute atomic E-state index is 0.0529. The molecule has 1 saturated heterocycles. The van der Waals surface area contributed by atoms with Gasteiger partial charge in [0, 0.05) is 3.57 Å². The van der Waals surface area contributed by atoms with Gasteiger partial charge in [0.25, 0.3) is 11.8 Å². The van der Waals surface area contributed by atoms with E-state index in [9.17, 15) is 14.4 Å². The van der Waals surface area contributed by atoms with Crippen molar-refractivity contribution in [1.82, 2.24) is 4.90 Å². The van der Waals surface area contributed by atoms with Gasteiger partial charge in [-0.05, 0) is 70.4 Å². The predicted molar refractivity (Wildman–Crippen MR) is 113 cm³/mol. The topological polar surface area (TPSA) is 70.8 Å². The van der Waals surface area contributed by atoms with E-state index in [1.165, 1.54) is 22.5 Å². The monoisotopic (exact) mass is 506 g/mol. The van der Waals surface area contributed by atoms with Crippen LogP contribution in [0.15, 0.2) is 64.6 Å². The van der Waals surface area contributed by atoms with Gasteiger partial charge in [0.05, 0.1) is 29.8 Å².